The van der Waals surface area contributed by atoms with E-state index in [0.717, 1.165) is 18.0 Å². The van der Waals surface area contributed by atoms with Gasteiger partial charge in [0.25, 0.3) is 0 Å². The zero-order valence-electron chi connectivity index (χ0n) is 16.1. The van der Waals surface area contributed by atoms with Crippen LogP contribution in [0.2, 0.25) is 0 Å². The van der Waals surface area contributed by atoms with Crippen molar-refractivity contribution in [2.45, 2.75) is 19.4 Å². The maximum atomic E-state index is 5.55. The van der Waals surface area contributed by atoms with E-state index in [9.17, 15) is 0 Å². The molecule has 0 spiro atoms. The number of rotatable bonds is 8. The average Bonchev–Trinajstić information content (AvgIpc) is 2.70. The quantitative estimate of drug-likeness (QED) is 0.726. The molecule has 0 bridgehead atoms. The van der Waals surface area contributed by atoms with Gasteiger partial charge < -0.3 is 19.3 Å². The summed E-state index contributed by atoms with van der Waals surface area (Å²) in [5, 5.41) is 0. The van der Waals surface area contributed by atoms with Crippen molar-refractivity contribution in [1.82, 2.24) is 0 Å². The highest BCUT2D eigenvalue weighted by Gasteiger charge is 2.23. The van der Waals surface area contributed by atoms with Gasteiger partial charge in [-0.05, 0) is 24.1 Å². The van der Waals surface area contributed by atoms with Crippen LogP contribution in [0.1, 0.15) is 17.5 Å². The Morgan fingerprint density at radius 2 is 1.58 bits per heavy atom. The third kappa shape index (κ3) is 5.23. The number of hydrogen-bond donors (Lipinski definition) is 2. The van der Waals surface area contributed by atoms with Crippen LogP contribution in [0.25, 0.3) is 0 Å². The van der Waals surface area contributed by atoms with Gasteiger partial charge in [0.1, 0.15) is 44.2 Å². The van der Waals surface area contributed by atoms with Crippen LogP contribution in [0.4, 0.5) is 0 Å². The predicted molar refractivity (Wildman–Crippen MR) is 104 cm³/mol. The Morgan fingerprint density at radius 1 is 0.846 bits per heavy atom. The second kappa shape index (κ2) is 9.60. The van der Waals surface area contributed by atoms with Crippen molar-refractivity contribution in [3.63, 3.8) is 0 Å². The van der Waals surface area contributed by atoms with E-state index in [1.165, 1.54) is 56.7 Å². The first-order valence-electron chi connectivity index (χ1n) is 9.70. The Labute approximate surface area is 157 Å². The number of ether oxygens (including phenoxy) is 2. The van der Waals surface area contributed by atoms with Crippen LogP contribution in [0.3, 0.4) is 0 Å². The summed E-state index contributed by atoms with van der Waals surface area (Å²) < 4.78 is 10.8. The zero-order chi connectivity index (χ0) is 18.2. The minimum absolute atomic E-state index is 0.855. The molecule has 0 saturated carbocycles. The standard InChI is InChI=1S/C22H30N2O2/c1-25-21-11-10-20(22(17-21)26-2)18-24-15-13-23(14-16-24)12-6-9-19-7-4-3-5-8-19/h3-5,7-8,10-11,17H,6,9,12-16,18H2,1-2H3/p+2. The van der Waals surface area contributed by atoms with Gasteiger partial charge in [-0.1, -0.05) is 30.3 Å². The molecule has 2 aromatic carbocycles. The molecule has 26 heavy (non-hydrogen) atoms. The SMILES string of the molecule is COc1ccc(C[NH+]2CC[NH+](CCCc3ccccc3)CC2)c(OC)c1. The summed E-state index contributed by atoms with van der Waals surface area (Å²) in [6.07, 6.45) is 2.48. The van der Waals surface area contributed by atoms with Crippen LogP contribution in [0, 0.1) is 0 Å². The molecule has 1 saturated heterocycles. The van der Waals surface area contributed by atoms with Gasteiger partial charge in [0.15, 0.2) is 0 Å². The summed E-state index contributed by atoms with van der Waals surface area (Å²) in [7, 11) is 3.43. The van der Waals surface area contributed by atoms with Crippen molar-refractivity contribution in [3.8, 4) is 11.5 Å². The van der Waals surface area contributed by atoms with Gasteiger partial charge >= 0.3 is 0 Å². The molecular formula is C22H32N2O2+2. The molecule has 1 heterocycles. The lowest BCUT2D eigenvalue weighted by Crippen LogP contribution is -3.27. The Bertz CT molecular complexity index is 667. The third-order valence-electron chi connectivity index (χ3n) is 5.44. The van der Waals surface area contributed by atoms with Crippen LogP contribution < -0.4 is 19.3 Å². The lowest BCUT2D eigenvalue weighted by molar-refractivity contribution is -1.02. The largest absolute Gasteiger partial charge is 0.497 e. The summed E-state index contributed by atoms with van der Waals surface area (Å²) >= 11 is 0. The second-order valence-corrected chi connectivity index (χ2v) is 7.19. The molecule has 1 aliphatic rings. The highest BCUT2D eigenvalue weighted by atomic mass is 16.5. The van der Waals surface area contributed by atoms with E-state index in [2.05, 4.69) is 36.4 Å². The number of quaternary nitrogens is 2. The number of aryl methyl sites for hydroxylation is 1. The van der Waals surface area contributed by atoms with Gasteiger partial charge in [-0.25, -0.2) is 0 Å². The second-order valence-electron chi connectivity index (χ2n) is 7.19. The summed E-state index contributed by atoms with van der Waals surface area (Å²) in [5.74, 6) is 1.79. The monoisotopic (exact) mass is 356 g/mol. The van der Waals surface area contributed by atoms with Crippen LogP contribution in [-0.2, 0) is 13.0 Å². The van der Waals surface area contributed by atoms with Crippen LogP contribution in [0.15, 0.2) is 48.5 Å². The predicted octanol–water partition coefficient (Wildman–Crippen LogP) is 0.620. The van der Waals surface area contributed by atoms with Gasteiger partial charge in [0, 0.05) is 18.1 Å². The molecule has 0 aromatic heterocycles. The molecule has 0 radical (unpaired) electrons. The fourth-order valence-electron chi connectivity index (χ4n) is 3.84. The third-order valence-corrected chi connectivity index (χ3v) is 5.44. The minimum atomic E-state index is 0.855. The number of nitrogens with one attached hydrogen (secondary N) is 2. The normalized spacial score (nSPS) is 19.9. The maximum absolute atomic E-state index is 5.55. The summed E-state index contributed by atoms with van der Waals surface area (Å²) in [4.78, 5) is 3.41. The first-order valence-corrected chi connectivity index (χ1v) is 9.70. The minimum Gasteiger partial charge on any atom is -0.497 e. The highest BCUT2D eigenvalue weighted by Crippen LogP contribution is 2.23. The zero-order valence-corrected chi connectivity index (χ0v) is 16.1. The topological polar surface area (TPSA) is 27.3 Å². The first kappa shape index (κ1) is 18.7. The fraction of sp³-hybridized carbons (Fsp3) is 0.455. The van der Waals surface area contributed by atoms with Crippen molar-refractivity contribution in [1.29, 1.82) is 0 Å². The molecule has 4 nitrogen and oxygen atoms in total. The van der Waals surface area contributed by atoms with Crippen molar-refractivity contribution in [2.24, 2.45) is 0 Å². The van der Waals surface area contributed by atoms with E-state index in [0.29, 0.717) is 0 Å². The van der Waals surface area contributed by atoms with Crippen LogP contribution in [0.5, 0.6) is 11.5 Å². The molecule has 0 unspecified atom stereocenters. The Morgan fingerprint density at radius 3 is 2.27 bits per heavy atom. The Kier molecular flexibility index (Phi) is 6.92. The first-order chi connectivity index (χ1) is 12.8. The van der Waals surface area contributed by atoms with E-state index < -0.39 is 0 Å². The Balaban J connectivity index is 1.42. The summed E-state index contributed by atoms with van der Waals surface area (Å²) in [6, 6.07) is 17.0. The lowest BCUT2D eigenvalue weighted by Gasteiger charge is -2.30. The van der Waals surface area contributed by atoms with Crippen molar-refractivity contribution in [2.75, 3.05) is 46.9 Å². The van der Waals surface area contributed by atoms with E-state index in [1.807, 2.05) is 12.1 Å². The molecular weight excluding hydrogens is 324 g/mol. The molecule has 0 aliphatic carbocycles. The fourth-order valence-corrected chi connectivity index (χ4v) is 3.84. The molecule has 0 atom stereocenters. The molecule has 4 heteroatoms. The summed E-state index contributed by atoms with van der Waals surface area (Å²) in [5.41, 5.74) is 2.73. The number of piperazine rings is 1. The van der Waals surface area contributed by atoms with E-state index >= 15 is 0 Å². The van der Waals surface area contributed by atoms with Gasteiger partial charge in [-0.2, -0.15) is 0 Å². The van der Waals surface area contributed by atoms with Crippen LogP contribution in [-0.4, -0.2) is 46.9 Å². The molecule has 0 amide bonds. The molecule has 2 aromatic rings. The molecule has 1 fully saturated rings. The van der Waals surface area contributed by atoms with Gasteiger partial charge in [0.05, 0.1) is 20.8 Å². The van der Waals surface area contributed by atoms with E-state index in [4.69, 9.17) is 9.47 Å². The van der Waals surface area contributed by atoms with Crippen molar-refractivity contribution in [3.05, 3.63) is 59.7 Å². The van der Waals surface area contributed by atoms with E-state index in [-0.39, 0.29) is 0 Å². The molecule has 3 rings (SSSR count). The van der Waals surface area contributed by atoms with Gasteiger partial charge in [-0.15, -0.1) is 0 Å². The van der Waals surface area contributed by atoms with Crippen molar-refractivity contribution < 1.29 is 19.3 Å². The van der Waals surface area contributed by atoms with Crippen LogP contribution >= 0.6 is 0 Å². The van der Waals surface area contributed by atoms with Gasteiger partial charge in [0.2, 0.25) is 0 Å². The molecule has 1 aliphatic heterocycles. The molecule has 2 N–H and O–H groups in total. The van der Waals surface area contributed by atoms with Gasteiger partial charge in [-0.3, -0.25) is 0 Å². The van der Waals surface area contributed by atoms with Crippen molar-refractivity contribution >= 4 is 0 Å². The highest BCUT2D eigenvalue weighted by molar-refractivity contribution is 5.40. The maximum Gasteiger partial charge on any atom is 0.131 e. The number of methoxy groups -OCH3 is 2. The lowest BCUT2D eigenvalue weighted by atomic mass is 10.1. The molecule has 140 valence electrons. The summed E-state index contributed by atoms with van der Waals surface area (Å²) in [6.45, 7) is 7.31. The average molecular weight is 357 g/mol. The number of benzene rings is 2. The van der Waals surface area contributed by atoms with E-state index in [1.54, 1.807) is 24.0 Å². The number of hydrogen-bond acceptors (Lipinski definition) is 2. The Hall–Kier alpha value is -2.04. The smallest absolute Gasteiger partial charge is 0.131 e.